The van der Waals surface area contributed by atoms with Crippen LogP contribution in [0.2, 0.25) is 0 Å². The average Bonchev–Trinajstić information content (AvgIpc) is 2.78. The quantitative estimate of drug-likeness (QED) is 0.730. The molecule has 5 heteroatoms. The maximum Gasteiger partial charge on any atom is 0.218 e. The predicted octanol–water partition coefficient (Wildman–Crippen LogP) is 1.62. The van der Waals surface area contributed by atoms with Gasteiger partial charge in [0.2, 0.25) is 5.95 Å². The van der Waals surface area contributed by atoms with Crippen molar-refractivity contribution in [3.8, 4) is 0 Å². The second-order valence-electron chi connectivity index (χ2n) is 3.87. The zero-order valence-corrected chi connectivity index (χ0v) is 9.40. The van der Waals surface area contributed by atoms with Gasteiger partial charge >= 0.3 is 0 Å². The van der Waals surface area contributed by atoms with Crippen LogP contribution in [0.15, 0.2) is 12.4 Å². The van der Waals surface area contributed by atoms with Gasteiger partial charge in [-0.25, -0.2) is 9.97 Å². The van der Waals surface area contributed by atoms with Gasteiger partial charge in [-0.05, 0) is 19.8 Å². The molecule has 0 saturated carbocycles. The molecule has 0 bridgehead atoms. The van der Waals surface area contributed by atoms with Crippen molar-refractivity contribution in [2.24, 2.45) is 0 Å². The minimum Gasteiger partial charge on any atom is -0.376 e. The zero-order chi connectivity index (χ0) is 11.4. The van der Waals surface area contributed by atoms with E-state index < -0.39 is 5.95 Å². The Morgan fingerprint density at radius 1 is 1.56 bits per heavy atom. The van der Waals surface area contributed by atoms with Gasteiger partial charge in [-0.3, -0.25) is 0 Å². The van der Waals surface area contributed by atoms with Crippen molar-refractivity contribution in [2.45, 2.75) is 25.9 Å². The number of halogens is 1. The first-order valence-corrected chi connectivity index (χ1v) is 5.63. The van der Waals surface area contributed by atoms with Crippen LogP contribution in [-0.2, 0) is 4.74 Å². The van der Waals surface area contributed by atoms with Crippen LogP contribution in [0.3, 0.4) is 0 Å². The minimum atomic E-state index is -0.490. The minimum absolute atomic E-state index is 0.248. The Hall–Kier alpha value is -1.23. The predicted molar refractivity (Wildman–Crippen MR) is 58.9 cm³/mol. The fourth-order valence-electron chi connectivity index (χ4n) is 1.92. The monoisotopic (exact) mass is 225 g/mol. The van der Waals surface area contributed by atoms with Gasteiger partial charge in [-0.15, -0.1) is 0 Å². The van der Waals surface area contributed by atoms with Crippen LogP contribution in [0.1, 0.15) is 19.8 Å². The number of ether oxygens (including phenoxy) is 1. The van der Waals surface area contributed by atoms with Crippen molar-refractivity contribution in [3.05, 3.63) is 18.3 Å². The summed E-state index contributed by atoms with van der Waals surface area (Å²) >= 11 is 0. The summed E-state index contributed by atoms with van der Waals surface area (Å²) in [5.74, 6) is 0.140. The second-order valence-corrected chi connectivity index (χ2v) is 3.87. The molecule has 0 aliphatic carbocycles. The maximum atomic E-state index is 13.0. The average molecular weight is 225 g/mol. The summed E-state index contributed by atoms with van der Waals surface area (Å²) in [6.45, 7) is 4.42. The van der Waals surface area contributed by atoms with Crippen molar-refractivity contribution in [1.29, 1.82) is 0 Å². The van der Waals surface area contributed by atoms with Crippen molar-refractivity contribution < 1.29 is 9.13 Å². The Balaban J connectivity index is 2.03. The Bertz CT molecular complexity index is 342. The molecule has 88 valence electrons. The highest BCUT2D eigenvalue weighted by Gasteiger charge is 2.19. The fraction of sp³-hybridized carbons (Fsp3) is 0.636. The molecule has 2 rings (SSSR count). The first kappa shape index (κ1) is 11.3. The topological polar surface area (TPSA) is 38.2 Å². The van der Waals surface area contributed by atoms with Crippen LogP contribution in [0, 0.1) is 5.95 Å². The smallest absolute Gasteiger partial charge is 0.218 e. The van der Waals surface area contributed by atoms with Crippen LogP contribution in [0.4, 0.5) is 10.2 Å². The second kappa shape index (κ2) is 5.21. The van der Waals surface area contributed by atoms with Crippen molar-refractivity contribution in [2.75, 3.05) is 24.6 Å². The molecule has 0 radical (unpaired) electrons. The van der Waals surface area contributed by atoms with Crippen LogP contribution in [0.25, 0.3) is 0 Å². The summed E-state index contributed by atoms with van der Waals surface area (Å²) in [6, 6.07) is 1.36. The number of rotatable bonds is 4. The molecule has 0 N–H and O–H groups in total. The highest BCUT2D eigenvalue weighted by molar-refractivity contribution is 5.36. The van der Waals surface area contributed by atoms with Gasteiger partial charge in [-0.2, -0.15) is 4.39 Å². The third kappa shape index (κ3) is 2.66. The van der Waals surface area contributed by atoms with Crippen LogP contribution in [0.5, 0.6) is 0 Å². The van der Waals surface area contributed by atoms with E-state index in [2.05, 4.69) is 9.97 Å². The molecule has 4 nitrogen and oxygen atoms in total. The third-order valence-electron chi connectivity index (χ3n) is 2.77. The Kier molecular flexibility index (Phi) is 3.66. The molecular formula is C11H16FN3O. The molecule has 0 amide bonds. The molecular weight excluding hydrogens is 209 g/mol. The Morgan fingerprint density at radius 2 is 2.44 bits per heavy atom. The molecule has 1 saturated heterocycles. The van der Waals surface area contributed by atoms with Gasteiger partial charge in [0.05, 0.1) is 6.10 Å². The van der Waals surface area contributed by atoms with E-state index in [9.17, 15) is 4.39 Å². The highest BCUT2D eigenvalue weighted by atomic mass is 19.1. The summed E-state index contributed by atoms with van der Waals surface area (Å²) in [6.07, 6.45) is 3.69. The number of hydrogen-bond acceptors (Lipinski definition) is 4. The Morgan fingerprint density at radius 3 is 3.06 bits per heavy atom. The summed E-state index contributed by atoms with van der Waals surface area (Å²) < 4.78 is 18.5. The lowest BCUT2D eigenvalue weighted by atomic mass is 10.2. The van der Waals surface area contributed by atoms with E-state index in [4.69, 9.17) is 4.74 Å². The largest absolute Gasteiger partial charge is 0.376 e. The molecule has 1 unspecified atom stereocenters. The zero-order valence-electron chi connectivity index (χ0n) is 9.40. The van der Waals surface area contributed by atoms with E-state index in [1.165, 1.54) is 12.4 Å². The lowest BCUT2D eigenvalue weighted by Gasteiger charge is -2.24. The summed E-state index contributed by atoms with van der Waals surface area (Å²) in [7, 11) is 0. The summed E-state index contributed by atoms with van der Waals surface area (Å²) in [4.78, 5) is 9.54. The number of likely N-dealkylation sites (N-methyl/N-ethyl adjacent to an activating group) is 1. The van der Waals surface area contributed by atoms with E-state index >= 15 is 0 Å². The van der Waals surface area contributed by atoms with Crippen LogP contribution >= 0.6 is 0 Å². The van der Waals surface area contributed by atoms with Crippen molar-refractivity contribution in [1.82, 2.24) is 9.97 Å². The summed E-state index contributed by atoms with van der Waals surface area (Å²) in [5.41, 5.74) is 0. The maximum absolute atomic E-state index is 13.0. The molecule has 1 aliphatic rings. The van der Waals surface area contributed by atoms with Crippen molar-refractivity contribution >= 4 is 5.82 Å². The van der Waals surface area contributed by atoms with E-state index in [-0.39, 0.29) is 6.10 Å². The third-order valence-corrected chi connectivity index (χ3v) is 2.77. The number of aromatic nitrogens is 2. The van der Waals surface area contributed by atoms with E-state index in [1.54, 1.807) is 0 Å². The number of anilines is 1. The van der Waals surface area contributed by atoms with Gasteiger partial charge in [0.25, 0.3) is 0 Å². The summed E-state index contributed by atoms with van der Waals surface area (Å²) in [5, 5.41) is 0. The highest BCUT2D eigenvalue weighted by Crippen LogP contribution is 2.17. The van der Waals surface area contributed by atoms with Gasteiger partial charge < -0.3 is 9.64 Å². The SMILES string of the molecule is CCN(CC1CCCO1)c1cc(F)ncn1. The van der Waals surface area contributed by atoms with Crippen LogP contribution in [-0.4, -0.2) is 35.8 Å². The normalized spacial score (nSPS) is 20.0. The molecule has 0 aromatic carbocycles. The molecule has 16 heavy (non-hydrogen) atoms. The standard InChI is InChI=1S/C11H16FN3O/c1-2-15(7-9-4-3-5-16-9)11-6-10(12)13-8-14-11/h6,8-9H,2-5,7H2,1H3. The molecule has 1 atom stereocenters. The lowest BCUT2D eigenvalue weighted by molar-refractivity contribution is 0.115. The van der Waals surface area contributed by atoms with Gasteiger partial charge in [0.1, 0.15) is 12.1 Å². The van der Waals surface area contributed by atoms with Crippen LogP contribution < -0.4 is 4.90 Å². The molecule has 1 aromatic heterocycles. The van der Waals surface area contributed by atoms with E-state index in [1.807, 2.05) is 11.8 Å². The Labute approximate surface area is 94.5 Å². The molecule has 0 spiro atoms. The molecule has 1 fully saturated rings. The molecule has 2 heterocycles. The van der Waals surface area contributed by atoms with Gasteiger partial charge in [-0.1, -0.05) is 0 Å². The fourth-order valence-corrected chi connectivity index (χ4v) is 1.92. The lowest BCUT2D eigenvalue weighted by Crippen LogP contribution is -2.32. The first-order chi connectivity index (χ1) is 7.79. The van der Waals surface area contributed by atoms with Gasteiger partial charge in [0, 0.05) is 25.8 Å². The van der Waals surface area contributed by atoms with Crippen molar-refractivity contribution in [3.63, 3.8) is 0 Å². The van der Waals surface area contributed by atoms with Gasteiger partial charge in [0.15, 0.2) is 0 Å². The molecule has 1 aromatic rings. The molecule has 1 aliphatic heterocycles. The van der Waals surface area contributed by atoms with E-state index in [0.717, 1.165) is 32.5 Å². The first-order valence-electron chi connectivity index (χ1n) is 5.63. The number of nitrogens with zero attached hydrogens (tertiary/aromatic N) is 3. The van der Waals surface area contributed by atoms with E-state index in [0.29, 0.717) is 5.82 Å². The number of hydrogen-bond donors (Lipinski definition) is 0.